The minimum absolute atomic E-state index is 0.326. The average molecular weight is 254 g/mol. The molecule has 0 atom stereocenters. The SMILES string of the molecule is CC(=N)C1CCC(CNC(=O)OC(C)(C)C)CC1. The molecule has 0 saturated heterocycles. The first-order chi connectivity index (χ1) is 8.28. The Balaban J connectivity index is 2.22. The summed E-state index contributed by atoms with van der Waals surface area (Å²) in [5.41, 5.74) is 0.368. The van der Waals surface area contributed by atoms with Crippen LogP contribution >= 0.6 is 0 Å². The van der Waals surface area contributed by atoms with Gasteiger partial charge in [0.1, 0.15) is 5.60 Å². The van der Waals surface area contributed by atoms with Crippen LogP contribution < -0.4 is 5.32 Å². The molecule has 1 aliphatic rings. The summed E-state index contributed by atoms with van der Waals surface area (Å²) < 4.78 is 5.20. The van der Waals surface area contributed by atoms with E-state index in [1.165, 1.54) is 0 Å². The van der Waals surface area contributed by atoms with Crippen molar-refractivity contribution in [2.75, 3.05) is 6.54 Å². The number of carbonyl (C=O) groups excluding carboxylic acids is 1. The molecule has 4 nitrogen and oxygen atoms in total. The van der Waals surface area contributed by atoms with Crippen LogP contribution in [0.5, 0.6) is 0 Å². The largest absolute Gasteiger partial charge is 0.444 e. The Morgan fingerprint density at radius 2 is 1.83 bits per heavy atom. The van der Waals surface area contributed by atoms with Gasteiger partial charge in [0, 0.05) is 12.3 Å². The summed E-state index contributed by atoms with van der Waals surface area (Å²) in [6.45, 7) is 8.18. The molecular formula is C14H26N2O2. The zero-order chi connectivity index (χ0) is 13.8. The summed E-state index contributed by atoms with van der Waals surface area (Å²) in [5.74, 6) is 0.996. The number of rotatable bonds is 3. The third-order valence-corrected chi connectivity index (χ3v) is 3.39. The molecule has 0 unspecified atom stereocenters. The lowest BCUT2D eigenvalue weighted by Crippen LogP contribution is -2.36. The van der Waals surface area contributed by atoms with Crippen molar-refractivity contribution in [1.29, 1.82) is 5.41 Å². The highest BCUT2D eigenvalue weighted by atomic mass is 16.6. The van der Waals surface area contributed by atoms with Gasteiger partial charge in [-0.1, -0.05) is 0 Å². The van der Waals surface area contributed by atoms with Gasteiger partial charge in [-0.05, 0) is 65.2 Å². The standard InChI is InChI=1S/C14H26N2O2/c1-10(15)12-7-5-11(6-8-12)9-16-13(17)18-14(2,3)4/h11-12,15H,5-9H2,1-4H3,(H,16,17). The van der Waals surface area contributed by atoms with E-state index in [9.17, 15) is 4.79 Å². The second-order valence-corrected chi connectivity index (χ2v) is 6.28. The Kier molecular flexibility index (Phi) is 5.17. The molecule has 1 aliphatic carbocycles. The maximum atomic E-state index is 11.5. The first kappa shape index (κ1) is 15.0. The van der Waals surface area contributed by atoms with Crippen molar-refractivity contribution in [3.8, 4) is 0 Å². The Hall–Kier alpha value is -1.06. The van der Waals surface area contributed by atoms with Gasteiger partial charge < -0.3 is 15.5 Å². The normalized spacial score (nSPS) is 24.4. The number of hydrogen-bond acceptors (Lipinski definition) is 3. The topological polar surface area (TPSA) is 62.2 Å². The molecule has 2 N–H and O–H groups in total. The summed E-state index contributed by atoms with van der Waals surface area (Å²) in [6, 6.07) is 0. The lowest BCUT2D eigenvalue weighted by Gasteiger charge is -2.28. The lowest BCUT2D eigenvalue weighted by atomic mass is 9.80. The molecule has 4 heteroatoms. The van der Waals surface area contributed by atoms with Gasteiger partial charge in [-0.25, -0.2) is 4.79 Å². The summed E-state index contributed by atoms with van der Waals surface area (Å²) in [7, 11) is 0. The van der Waals surface area contributed by atoms with Crippen LogP contribution in [0.4, 0.5) is 4.79 Å². The number of carbonyl (C=O) groups is 1. The fourth-order valence-electron chi connectivity index (χ4n) is 2.34. The van der Waals surface area contributed by atoms with Crippen molar-refractivity contribution < 1.29 is 9.53 Å². The van der Waals surface area contributed by atoms with Crippen LogP contribution in [-0.4, -0.2) is 24.0 Å². The zero-order valence-electron chi connectivity index (χ0n) is 12.0. The summed E-state index contributed by atoms with van der Waals surface area (Å²) in [5, 5.41) is 10.5. The fourth-order valence-corrected chi connectivity index (χ4v) is 2.34. The monoisotopic (exact) mass is 254 g/mol. The van der Waals surface area contributed by atoms with Crippen molar-refractivity contribution in [1.82, 2.24) is 5.32 Å². The quantitative estimate of drug-likeness (QED) is 0.759. The second-order valence-electron chi connectivity index (χ2n) is 6.28. The second kappa shape index (κ2) is 6.21. The number of alkyl carbamates (subject to hydrolysis) is 1. The van der Waals surface area contributed by atoms with Gasteiger partial charge in [-0.15, -0.1) is 0 Å². The van der Waals surface area contributed by atoms with Gasteiger partial charge in [0.15, 0.2) is 0 Å². The smallest absolute Gasteiger partial charge is 0.407 e. The molecule has 0 aliphatic heterocycles. The molecule has 0 radical (unpaired) electrons. The number of hydrogen-bond donors (Lipinski definition) is 2. The minimum Gasteiger partial charge on any atom is -0.444 e. The van der Waals surface area contributed by atoms with E-state index in [2.05, 4.69) is 5.32 Å². The molecule has 0 bridgehead atoms. The van der Waals surface area contributed by atoms with Gasteiger partial charge in [0.2, 0.25) is 0 Å². The van der Waals surface area contributed by atoms with Crippen molar-refractivity contribution in [2.24, 2.45) is 11.8 Å². The Morgan fingerprint density at radius 1 is 1.28 bits per heavy atom. The van der Waals surface area contributed by atoms with Gasteiger partial charge in [-0.2, -0.15) is 0 Å². The van der Waals surface area contributed by atoms with E-state index in [-0.39, 0.29) is 6.09 Å². The minimum atomic E-state index is -0.432. The lowest BCUT2D eigenvalue weighted by molar-refractivity contribution is 0.0514. The predicted octanol–water partition coefficient (Wildman–Crippen LogP) is 3.36. The molecule has 1 fully saturated rings. The van der Waals surface area contributed by atoms with E-state index < -0.39 is 5.60 Å². The van der Waals surface area contributed by atoms with Crippen LogP contribution in [0.25, 0.3) is 0 Å². The molecular weight excluding hydrogens is 228 g/mol. The molecule has 104 valence electrons. The van der Waals surface area contributed by atoms with E-state index in [1.54, 1.807) is 0 Å². The fraction of sp³-hybridized carbons (Fsp3) is 0.857. The van der Waals surface area contributed by atoms with Gasteiger partial charge in [0.25, 0.3) is 0 Å². The van der Waals surface area contributed by atoms with Crippen LogP contribution in [0.15, 0.2) is 0 Å². The molecule has 0 aromatic heterocycles. The maximum Gasteiger partial charge on any atom is 0.407 e. The van der Waals surface area contributed by atoms with E-state index in [1.807, 2.05) is 27.7 Å². The van der Waals surface area contributed by atoms with E-state index >= 15 is 0 Å². The third kappa shape index (κ3) is 5.52. The Labute approximate surface area is 110 Å². The summed E-state index contributed by atoms with van der Waals surface area (Å²) >= 11 is 0. The molecule has 1 rings (SSSR count). The molecule has 0 heterocycles. The van der Waals surface area contributed by atoms with Crippen LogP contribution in [-0.2, 0) is 4.74 Å². The Bertz CT molecular complexity index is 299. The number of amides is 1. The molecule has 1 amide bonds. The van der Waals surface area contributed by atoms with E-state index in [4.69, 9.17) is 10.1 Å². The maximum absolute atomic E-state index is 11.5. The van der Waals surface area contributed by atoms with Gasteiger partial charge >= 0.3 is 6.09 Å². The summed E-state index contributed by atoms with van der Waals surface area (Å²) in [6.07, 6.45) is 4.02. The van der Waals surface area contributed by atoms with Crippen molar-refractivity contribution in [3.05, 3.63) is 0 Å². The van der Waals surface area contributed by atoms with Gasteiger partial charge in [0.05, 0.1) is 0 Å². The highest BCUT2D eigenvalue weighted by Crippen LogP contribution is 2.28. The molecule has 0 aromatic rings. The highest BCUT2D eigenvalue weighted by Gasteiger charge is 2.23. The van der Waals surface area contributed by atoms with E-state index in [0.717, 1.165) is 31.4 Å². The van der Waals surface area contributed by atoms with Gasteiger partial charge in [-0.3, -0.25) is 0 Å². The number of nitrogens with one attached hydrogen (secondary N) is 2. The molecule has 18 heavy (non-hydrogen) atoms. The van der Waals surface area contributed by atoms with E-state index in [0.29, 0.717) is 18.4 Å². The van der Waals surface area contributed by atoms with Crippen LogP contribution in [0.2, 0.25) is 0 Å². The first-order valence-corrected chi connectivity index (χ1v) is 6.80. The van der Waals surface area contributed by atoms with Crippen molar-refractivity contribution >= 4 is 11.8 Å². The van der Waals surface area contributed by atoms with Crippen LogP contribution in [0.3, 0.4) is 0 Å². The highest BCUT2D eigenvalue weighted by molar-refractivity contribution is 5.81. The number of ether oxygens (including phenoxy) is 1. The summed E-state index contributed by atoms with van der Waals surface area (Å²) in [4.78, 5) is 11.5. The predicted molar refractivity (Wildman–Crippen MR) is 73.1 cm³/mol. The molecule has 0 spiro atoms. The van der Waals surface area contributed by atoms with Crippen LogP contribution in [0, 0.1) is 17.2 Å². The average Bonchev–Trinajstić information content (AvgIpc) is 2.24. The Morgan fingerprint density at radius 3 is 2.28 bits per heavy atom. The molecule has 0 aromatic carbocycles. The van der Waals surface area contributed by atoms with Crippen LogP contribution in [0.1, 0.15) is 53.4 Å². The van der Waals surface area contributed by atoms with Crippen molar-refractivity contribution in [2.45, 2.75) is 59.0 Å². The zero-order valence-corrected chi connectivity index (χ0v) is 12.0. The van der Waals surface area contributed by atoms with Crippen molar-refractivity contribution in [3.63, 3.8) is 0 Å². The first-order valence-electron chi connectivity index (χ1n) is 6.80. The third-order valence-electron chi connectivity index (χ3n) is 3.39. The molecule has 1 saturated carbocycles.